The molecule has 1 saturated carbocycles. The Bertz CT molecular complexity index is 359. The maximum atomic E-state index is 5.05. The summed E-state index contributed by atoms with van der Waals surface area (Å²) in [4.78, 5) is 4.21. The summed E-state index contributed by atoms with van der Waals surface area (Å²) >= 11 is 0. The van der Waals surface area contributed by atoms with Crippen molar-refractivity contribution in [2.45, 2.75) is 45.6 Å². The Balaban J connectivity index is 1.95. The molecular weight excluding hydrogens is 212 g/mol. The van der Waals surface area contributed by atoms with Gasteiger partial charge in [0.2, 0.25) is 5.88 Å². The Hall–Kier alpha value is -1.25. The standard InChI is InChI=1S/C14H22N2O/c1-14(2)8-4-5-11(9-14)16-12-6-7-13(17-3)15-10-12/h6-7,10-11,16H,4-5,8-9H2,1-3H3. The molecule has 2 rings (SSSR count). The van der Waals surface area contributed by atoms with Crippen molar-refractivity contribution >= 4 is 5.69 Å². The van der Waals surface area contributed by atoms with E-state index < -0.39 is 0 Å². The van der Waals surface area contributed by atoms with Gasteiger partial charge in [0, 0.05) is 12.1 Å². The van der Waals surface area contributed by atoms with Gasteiger partial charge >= 0.3 is 0 Å². The van der Waals surface area contributed by atoms with Crippen molar-refractivity contribution in [3.8, 4) is 5.88 Å². The molecule has 1 aliphatic carbocycles. The molecule has 3 nitrogen and oxygen atoms in total. The fourth-order valence-electron chi connectivity index (χ4n) is 2.64. The van der Waals surface area contributed by atoms with Gasteiger partial charge in [0.15, 0.2) is 0 Å². The van der Waals surface area contributed by atoms with Crippen molar-refractivity contribution in [1.82, 2.24) is 4.98 Å². The molecule has 0 saturated heterocycles. The number of ether oxygens (including phenoxy) is 1. The van der Waals surface area contributed by atoms with Crippen LogP contribution in [0.5, 0.6) is 5.88 Å². The van der Waals surface area contributed by atoms with Crippen LogP contribution in [0.2, 0.25) is 0 Å². The fraction of sp³-hybridized carbons (Fsp3) is 0.643. The van der Waals surface area contributed by atoms with Crippen molar-refractivity contribution in [3.63, 3.8) is 0 Å². The summed E-state index contributed by atoms with van der Waals surface area (Å²) in [6, 6.07) is 4.51. The third kappa shape index (κ3) is 3.35. The second kappa shape index (κ2) is 4.94. The number of hydrogen-bond acceptors (Lipinski definition) is 3. The molecule has 1 unspecified atom stereocenters. The molecular formula is C14H22N2O. The second-order valence-corrected chi connectivity index (χ2v) is 5.69. The van der Waals surface area contributed by atoms with E-state index in [4.69, 9.17) is 4.74 Å². The largest absolute Gasteiger partial charge is 0.481 e. The first-order valence-electron chi connectivity index (χ1n) is 6.36. The van der Waals surface area contributed by atoms with Crippen molar-refractivity contribution in [2.75, 3.05) is 12.4 Å². The zero-order valence-electron chi connectivity index (χ0n) is 11.0. The van der Waals surface area contributed by atoms with Crippen LogP contribution >= 0.6 is 0 Å². The first-order chi connectivity index (χ1) is 8.09. The van der Waals surface area contributed by atoms with Gasteiger partial charge in [0.1, 0.15) is 0 Å². The lowest BCUT2D eigenvalue weighted by molar-refractivity contribution is 0.229. The van der Waals surface area contributed by atoms with Gasteiger partial charge in [0.25, 0.3) is 0 Å². The fourth-order valence-corrected chi connectivity index (χ4v) is 2.64. The van der Waals surface area contributed by atoms with Crippen LogP contribution in [-0.4, -0.2) is 18.1 Å². The molecule has 0 amide bonds. The van der Waals surface area contributed by atoms with Crippen LogP contribution < -0.4 is 10.1 Å². The number of rotatable bonds is 3. The molecule has 1 aliphatic rings. The van der Waals surface area contributed by atoms with Gasteiger partial charge in [-0.2, -0.15) is 0 Å². The smallest absolute Gasteiger partial charge is 0.213 e. The van der Waals surface area contributed by atoms with Crippen LogP contribution in [0.4, 0.5) is 5.69 Å². The predicted octanol–water partition coefficient (Wildman–Crippen LogP) is 3.47. The molecule has 1 fully saturated rings. The summed E-state index contributed by atoms with van der Waals surface area (Å²) in [6.45, 7) is 4.71. The first kappa shape index (κ1) is 12.2. The summed E-state index contributed by atoms with van der Waals surface area (Å²) < 4.78 is 5.05. The molecule has 0 aliphatic heterocycles. The SMILES string of the molecule is COc1ccc(NC2CCCC(C)(C)C2)cn1. The first-order valence-corrected chi connectivity index (χ1v) is 6.36. The van der Waals surface area contributed by atoms with E-state index in [2.05, 4.69) is 24.1 Å². The highest BCUT2D eigenvalue weighted by Crippen LogP contribution is 2.36. The van der Waals surface area contributed by atoms with E-state index in [0.29, 0.717) is 17.3 Å². The van der Waals surface area contributed by atoms with Gasteiger partial charge in [-0.15, -0.1) is 0 Å². The number of pyridine rings is 1. The molecule has 0 bridgehead atoms. The molecule has 1 aromatic heterocycles. The Morgan fingerprint density at radius 3 is 2.82 bits per heavy atom. The lowest BCUT2D eigenvalue weighted by Gasteiger charge is -2.36. The molecule has 1 aromatic rings. The maximum absolute atomic E-state index is 5.05. The summed E-state index contributed by atoms with van der Waals surface area (Å²) in [5, 5.41) is 3.57. The average Bonchev–Trinajstić information content (AvgIpc) is 2.29. The van der Waals surface area contributed by atoms with Crippen molar-refractivity contribution in [2.24, 2.45) is 5.41 Å². The lowest BCUT2D eigenvalue weighted by atomic mass is 9.75. The molecule has 94 valence electrons. The minimum Gasteiger partial charge on any atom is -0.481 e. The quantitative estimate of drug-likeness (QED) is 0.869. The second-order valence-electron chi connectivity index (χ2n) is 5.69. The van der Waals surface area contributed by atoms with E-state index in [1.165, 1.54) is 25.7 Å². The highest BCUT2D eigenvalue weighted by atomic mass is 16.5. The molecule has 3 heteroatoms. The topological polar surface area (TPSA) is 34.1 Å². The van der Waals surface area contributed by atoms with Crippen LogP contribution in [0.15, 0.2) is 18.3 Å². The van der Waals surface area contributed by atoms with E-state index >= 15 is 0 Å². The van der Waals surface area contributed by atoms with Gasteiger partial charge in [0.05, 0.1) is 19.0 Å². The molecule has 0 aromatic carbocycles. The number of nitrogens with zero attached hydrogens (tertiary/aromatic N) is 1. The van der Waals surface area contributed by atoms with Gasteiger partial charge in [-0.1, -0.05) is 20.3 Å². The number of methoxy groups -OCH3 is 1. The third-order valence-electron chi connectivity index (χ3n) is 3.52. The third-order valence-corrected chi connectivity index (χ3v) is 3.52. The van der Waals surface area contributed by atoms with Gasteiger partial charge in [-0.25, -0.2) is 4.98 Å². The molecule has 17 heavy (non-hydrogen) atoms. The summed E-state index contributed by atoms with van der Waals surface area (Å²) in [7, 11) is 1.64. The minimum atomic E-state index is 0.468. The Morgan fingerprint density at radius 2 is 2.24 bits per heavy atom. The maximum Gasteiger partial charge on any atom is 0.213 e. The summed E-state index contributed by atoms with van der Waals surface area (Å²) in [5.74, 6) is 0.666. The molecule has 0 spiro atoms. The molecule has 1 N–H and O–H groups in total. The number of anilines is 1. The number of hydrogen-bond donors (Lipinski definition) is 1. The number of aromatic nitrogens is 1. The van der Waals surface area contributed by atoms with E-state index in [9.17, 15) is 0 Å². The zero-order valence-corrected chi connectivity index (χ0v) is 11.0. The van der Waals surface area contributed by atoms with Gasteiger partial charge in [-0.3, -0.25) is 0 Å². The van der Waals surface area contributed by atoms with E-state index in [1.54, 1.807) is 7.11 Å². The molecule has 0 radical (unpaired) electrons. The van der Waals surface area contributed by atoms with Crippen LogP contribution in [0.1, 0.15) is 39.5 Å². The van der Waals surface area contributed by atoms with E-state index in [-0.39, 0.29) is 0 Å². The highest BCUT2D eigenvalue weighted by molar-refractivity contribution is 5.43. The Kier molecular flexibility index (Phi) is 3.55. The van der Waals surface area contributed by atoms with Gasteiger partial charge in [-0.05, 0) is 30.7 Å². The van der Waals surface area contributed by atoms with Crippen molar-refractivity contribution < 1.29 is 4.74 Å². The monoisotopic (exact) mass is 234 g/mol. The van der Waals surface area contributed by atoms with E-state index in [0.717, 1.165) is 5.69 Å². The van der Waals surface area contributed by atoms with E-state index in [1.807, 2.05) is 18.3 Å². The normalized spacial score (nSPS) is 23.1. The predicted molar refractivity (Wildman–Crippen MR) is 70.4 cm³/mol. The number of nitrogens with one attached hydrogen (secondary N) is 1. The van der Waals surface area contributed by atoms with Crippen LogP contribution in [0.25, 0.3) is 0 Å². The summed E-state index contributed by atoms with van der Waals surface area (Å²) in [5.41, 5.74) is 1.56. The molecule has 1 heterocycles. The molecule has 1 atom stereocenters. The van der Waals surface area contributed by atoms with Crippen LogP contribution in [0.3, 0.4) is 0 Å². The highest BCUT2D eigenvalue weighted by Gasteiger charge is 2.27. The lowest BCUT2D eigenvalue weighted by Crippen LogP contribution is -2.31. The van der Waals surface area contributed by atoms with Crippen molar-refractivity contribution in [3.05, 3.63) is 18.3 Å². The average molecular weight is 234 g/mol. The van der Waals surface area contributed by atoms with Gasteiger partial charge < -0.3 is 10.1 Å². The Morgan fingerprint density at radius 1 is 1.41 bits per heavy atom. The minimum absolute atomic E-state index is 0.468. The Labute approximate surface area is 104 Å². The van der Waals surface area contributed by atoms with Crippen molar-refractivity contribution in [1.29, 1.82) is 0 Å². The van der Waals surface area contributed by atoms with Crippen LogP contribution in [0, 0.1) is 5.41 Å². The zero-order chi connectivity index (χ0) is 12.3. The summed E-state index contributed by atoms with van der Waals surface area (Å²) in [6.07, 6.45) is 7.00. The van der Waals surface area contributed by atoms with Crippen LogP contribution in [-0.2, 0) is 0 Å².